The Hall–Kier alpha value is -2.09. The third-order valence-corrected chi connectivity index (χ3v) is 3.57. The Kier molecular flexibility index (Phi) is 2.27. The summed E-state index contributed by atoms with van der Waals surface area (Å²) in [4.78, 5) is 11.5. The number of aliphatic carboxylic acids is 1. The zero-order valence-electron chi connectivity index (χ0n) is 10.4. The van der Waals surface area contributed by atoms with Gasteiger partial charge in [0.15, 0.2) is 0 Å². The van der Waals surface area contributed by atoms with Crippen LogP contribution in [0.5, 0.6) is 0 Å². The van der Waals surface area contributed by atoms with Crippen LogP contribution in [0.3, 0.4) is 0 Å². The van der Waals surface area contributed by atoms with Crippen LogP contribution in [0.2, 0.25) is 0 Å². The van der Waals surface area contributed by atoms with Crippen molar-refractivity contribution in [3.05, 3.63) is 58.7 Å². The molecule has 3 rings (SSSR count). The highest BCUT2D eigenvalue weighted by Crippen LogP contribution is 2.45. The van der Waals surface area contributed by atoms with Gasteiger partial charge in [0, 0.05) is 0 Å². The number of carbonyl (C=O) groups is 1. The molecule has 2 heteroatoms. The van der Waals surface area contributed by atoms with Crippen LogP contribution in [-0.2, 0) is 4.79 Å². The minimum Gasteiger partial charge on any atom is -0.481 e. The molecule has 0 saturated carbocycles. The van der Waals surface area contributed by atoms with Gasteiger partial charge in [0.25, 0.3) is 0 Å². The molecule has 0 fully saturated rings. The van der Waals surface area contributed by atoms with E-state index in [2.05, 4.69) is 0 Å². The predicted molar refractivity (Wildman–Crippen MR) is 70.8 cm³/mol. The monoisotopic (exact) mass is 238 g/mol. The summed E-state index contributed by atoms with van der Waals surface area (Å²) in [6.45, 7) is 3.99. The summed E-state index contributed by atoms with van der Waals surface area (Å²) in [5.74, 6) is -1.29. The molecule has 0 amide bonds. The Balaban J connectivity index is 2.33. The topological polar surface area (TPSA) is 37.3 Å². The van der Waals surface area contributed by atoms with Crippen molar-refractivity contribution in [2.24, 2.45) is 0 Å². The van der Waals surface area contributed by atoms with Crippen molar-refractivity contribution in [3.8, 4) is 11.1 Å². The van der Waals surface area contributed by atoms with Gasteiger partial charge in [-0.3, -0.25) is 4.79 Å². The smallest absolute Gasteiger partial charge is 0.315 e. The van der Waals surface area contributed by atoms with Crippen molar-refractivity contribution >= 4 is 5.97 Å². The van der Waals surface area contributed by atoms with Gasteiger partial charge in [0.05, 0.1) is 0 Å². The quantitative estimate of drug-likeness (QED) is 0.825. The van der Waals surface area contributed by atoms with Crippen LogP contribution in [0.1, 0.15) is 28.2 Å². The number of rotatable bonds is 1. The highest BCUT2D eigenvalue weighted by Gasteiger charge is 2.33. The molecule has 0 heterocycles. The van der Waals surface area contributed by atoms with E-state index in [1.54, 1.807) is 0 Å². The number of hydrogen-bond donors (Lipinski definition) is 1. The molecule has 90 valence electrons. The molecule has 0 atom stereocenters. The Morgan fingerprint density at radius 3 is 1.78 bits per heavy atom. The fourth-order valence-electron chi connectivity index (χ4n) is 2.77. The van der Waals surface area contributed by atoms with Gasteiger partial charge in [-0.1, -0.05) is 47.5 Å². The van der Waals surface area contributed by atoms with Crippen LogP contribution in [0.4, 0.5) is 0 Å². The lowest BCUT2D eigenvalue weighted by molar-refractivity contribution is -0.137. The summed E-state index contributed by atoms with van der Waals surface area (Å²) in [6.07, 6.45) is 0. The summed E-state index contributed by atoms with van der Waals surface area (Å²) in [7, 11) is 0. The molecule has 0 aromatic heterocycles. The number of carboxylic acid groups (broad SMARTS) is 1. The molecule has 1 aliphatic rings. The van der Waals surface area contributed by atoms with Crippen LogP contribution in [-0.4, -0.2) is 11.1 Å². The van der Waals surface area contributed by atoms with E-state index in [0.717, 1.165) is 33.4 Å². The Labute approximate surface area is 106 Å². The van der Waals surface area contributed by atoms with Gasteiger partial charge >= 0.3 is 5.97 Å². The molecule has 0 aliphatic heterocycles. The minimum atomic E-state index is -0.772. The second kappa shape index (κ2) is 3.70. The first kappa shape index (κ1) is 11.0. The lowest BCUT2D eigenvalue weighted by Gasteiger charge is -2.08. The zero-order chi connectivity index (χ0) is 12.9. The maximum absolute atomic E-state index is 11.5. The van der Waals surface area contributed by atoms with Crippen LogP contribution in [0.15, 0.2) is 36.4 Å². The molecule has 0 radical (unpaired) electrons. The van der Waals surface area contributed by atoms with Gasteiger partial charge in [-0.05, 0) is 36.1 Å². The van der Waals surface area contributed by atoms with Crippen molar-refractivity contribution in [3.63, 3.8) is 0 Å². The van der Waals surface area contributed by atoms with Crippen LogP contribution >= 0.6 is 0 Å². The average molecular weight is 238 g/mol. The van der Waals surface area contributed by atoms with Gasteiger partial charge in [0.1, 0.15) is 5.92 Å². The zero-order valence-corrected chi connectivity index (χ0v) is 10.4. The molecule has 2 nitrogen and oxygen atoms in total. The molecule has 1 aliphatic carbocycles. The van der Waals surface area contributed by atoms with E-state index < -0.39 is 11.9 Å². The first-order valence-electron chi connectivity index (χ1n) is 6.02. The number of carboxylic acids is 1. The van der Waals surface area contributed by atoms with Gasteiger partial charge in [0.2, 0.25) is 0 Å². The van der Waals surface area contributed by atoms with Crippen LogP contribution in [0.25, 0.3) is 11.1 Å². The fourth-order valence-corrected chi connectivity index (χ4v) is 2.77. The van der Waals surface area contributed by atoms with Crippen LogP contribution in [0, 0.1) is 13.8 Å². The van der Waals surface area contributed by atoms with Gasteiger partial charge in [-0.25, -0.2) is 0 Å². The first-order chi connectivity index (χ1) is 8.58. The summed E-state index contributed by atoms with van der Waals surface area (Å²) in [5.41, 5.74) is 6.16. The predicted octanol–water partition coefficient (Wildman–Crippen LogP) is 3.50. The second-order valence-corrected chi connectivity index (χ2v) is 4.95. The van der Waals surface area contributed by atoms with E-state index >= 15 is 0 Å². The Bertz CT molecular complexity index is 605. The number of hydrogen-bond acceptors (Lipinski definition) is 1. The van der Waals surface area contributed by atoms with Crippen molar-refractivity contribution in [1.82, 2.24) is 0 Å². The summed E-state index contributed by atoms with van der Waals surface area (Å²) in [6, 6.07) is 12.1. The standard InChI is InChI=1S/C16H14O2/c1-9-3-5-11-12-6-4-10(2)8-14(12)15(16(17)18)13(11)7-9/h3-8,15H,1-2H3,(H,17,18). The van der Waals surface area contributed by atoms with Crippen molar-refractivity contribution in [2.45, 2.75) is 19.8 Å². The number of fused-ring (bicyclic) bond motifs is 3. The van der Waals surface area contributed by atoms with Gasteiger partial charge in [-0.2, -0.15) is 0 Å². The van der Waals surface area contributed by atoms with E-state index in [0.29, 0.717) is 0 Å². The molecule has 2 aromatic carbocycles. The van der Waals surface area contributed by atoms with Gasteiger partial charge < -0.3 is 5.11 Å². The summed E-state index contributed by atoms with van der Waals surface area (Å²) in [5, 5.41) is 9.49. The first-order valence-corrected chi connectivity index (χ1v) is 6.02. The van der Waals surface area contributed by atoms with E-state index in [1.807, 2.05) is 50.2 Å². The number of benzene rings is 2. The third kappa shape index (κ3) is 1.46. The summed E-state index contributed by atoms with van der Waals surface area (Å²) >= 11 is 0. The van der Waals surface area contributed by atoms with E-state index in [4.69, 9.17) is 0 Å². The summed E-state index contributed by atoms with van der Waals surface area (Å²) < 4.78 is 0. The van der Waals surface area contributed by atoms with Gasteiger partial charge in [-0.15, -0.1) is 0 Å². The highest BCUT2D eigenvalue weighted by atomic mass is 16.4. The van der Waals surface area contributed by atoms with Crippen LogP contribution < -0.4 is 0 Å². The molecule has 1 N–H and O–H groups in total. The highest BCUT2D eigenvalue weighted by molar-refractivity contribution is 5.93. The average Bonchev–Trinajstić information content (AvgIpc) is 2.60. The number of aryl methyl sites for hydroxylation is 2. The molecule has 0 bridgehead atoms. The second-order valence-electron chi connectivity index (χ2n) is 4.95. The van der Waals surface area contributed by atoms with E-state index in [1.165, 1.54) is 0 Å². The molecule has 0 unspecified atom stereocenters. The van der Waals surface area contributed by atoms with Crippen molar-refractivity contribution < 1.29 is 9.90 Å². The largest absolute Gasteiger partial charge is 0.481 e. The molecular weight excluding hydrogens is 224 g/mol. The maximum atomic E-state index is 11.5. The third-order valence-electron chi connectivity index (χ3n) is 3.57. The molecular formula is C16H14O2. The molecule has 2 aromatic rings. The Morgan fingerprint density at radius 1 is 0.944 bits per heavy atom. The minimum absolute atomic E-state index is 0.519. The van der Waals surface area contributed by atoms with E-state index in [-0.39, 0.29) is 0 Å². The lowest BCUT2D eigenvalue weighted by atomic mass is 9.95. The SMILES string of the molecule is Cc1ccc2c(c1)C(C(=O)O)c1cc(C)ccc1-2. The van der Waals surface area contributed by atoms with Crippen molar-refractivity contribution in [1.29, 1.82) is 0 Å². The molecule has 0 saturated heterocycles. The fraction of sp³-hybridized carbons (Fsp3) is 0.188. The van der Waals surface area contributed by atoms with Crippen molar-refractivity contribution in [2.75, 3.05) is 0 Å². The molecule has 18 heavy (non-hydrogen) atoms. The van der Waals surface area contributed by atoms with E-state index in [9.17, 15) is 9.90 Å². The normalized spacial score (nSPS) is 13.2. The maximum Gasteiger partial charge on any atom is 0.315 e. The Morgan fingerprint density at radius 2 is 1.39 bits per heavy atom. The molecule has 0 spiro atoms. The lowest BCUT2D eigenvalue weighted by Crippen LogP contribution is -2.10.